The van der Waals surface area contributed by atoms with E-state index in [-0.39, 0.29) is 11.8 Å². The molecule has 0 unspecified atom stereocenters. The van der Waals surface area contributed by atoms with Gasteiger partial charge in [-0.2, -0.15) is 5.26 Å². The molecule has 0 bridgehead atoms. The lowest BCUT2D eigenvalue weighted by Gasteiger charge is -2.38. The number of amides is 1. The zero-order valence-corrected chi connectivity index (χ0v) is 14.6. The van der Waals surface area contributed by atoms with E-state index in [2.05, 4.69) is 11.4 Å². The summed E-state index contributed by atoms with van der Waals surface area (Å²) in [5.41, 5.74) is -0.735. The van der Waals surface area contributed by atoms with Crippen molar-refractivity contribution >= 4 is 17.5 Å². The van der Waals surface area contributed by atoms with E-state index in [1.807, 2.05) is 20.8 Å². The van der Waals surface area contributed by atoms with E-state index >= 15 is 0 Å². The van der Waals surface area contributed by atoms with Crippen molar-refractivity contribution in [3.05, 3.63) is 34.4 Å². The Labute approximate surface area is 146 Å². The summed E-state index contributed by atoms with van der Waals surface area (Å²) in [7, 11) is 0. The average Bonchev–Trinajstić information content (AvgIpc) is 2.54. The molecule has 0 atom stereocenters. The van der Waals surface area contributed by atoms with E-state index in [4.69, 9.17) is 4.74 Å². The van der Waals surface area contributed by atoms with Crippen molar-refractivity contribution in [1.82, 2.24) is 4.90 Å². The first-order chi connectivity index (χ1) is 11.6. The number of carbonyl (C=O) groups excluding carboxylic acids is 1. The number of nitriles is 1. The van der Waals surface area contributed by atoms with Crippen LogP contribution in [-0.4, -0.2) is 40.1 Å². The third kappa shape index (κ3) is 4.83. The molecule has 1 aliphatic rings. The lowest BCUT2D eigenvalue weighted by atomic mass is 9.88. The number of nitrogens with zero attached hydrogens (tertiary/aromatic N) is 3. The maximum Gasteiger partial charge on any atom is 0.410 e. The van der Waals surface area contributed by atoms with Gasteiger partial charge in [-0.15, -0.1) is 0 Å². The van der Waals surface area contributed by atoms with E-state index in [9.17, 15) is 20.2 Å². The summed E-state index contributed by atoms with van der Waals surface area (Å²) in [6, 6.07) is 8.23. The number of hydrogen-bond acceptors (Lipinski definition) is 6. The number of rotatable bonds is 3. The van der Waals surface area contributed by atoms with Crippen LogP contribution < -0.4 is 5.32 Å². The molecule has 1 amide bonds. The van der Waals surface area contributed by atoms with E-state index in [1.54, 1.807) is 17.0 Å². The molecular weight excluding hydrogens is 324 g/mol. The number of nitro groups is 1. The predicted molar refractivity (Wildman–Crippen MR) is 92.1 cm³/mol. The van der Waals surface area contributed by atoms with Crippen LogP contribution in [0.2, 0.25) is 0 Å². The molecule has 1 aromatic rings. The molecule has 0 aromatic heterocycles. The Bertz CT molecular complexity index is 680. The molecule has 1 saturated heterocycles. The Morgan fingerprint density at radius 2 is 1.88 bits per heavy atom. The number of non-ortho nitro benzene ring substituents is 1. The number of likely N-dealkylation sites (tertiary alicyclic amines) is 1. The van der Waals surface area contributed by atoms with Crippen LogP contribution in [-0.2, 0) is 4.74 Å². The Morgan fingerprint density at radius 1 is 1.32 bits per heavy atom. The van der Waals surface area contributed by atoms with Crippen molar-refractivity contribution in [2.24, 2.45) is 0 Å². The molecule has 1 aliphatic heterocycles. The van der Waals surface area contributed by atoms with Gasteiger partial charge in [-0.05, 0) is 32.9 Å². The number of nitrogens with one attached hydrogen (secondary N) is 1. The van der Waals surface area contributed by atoms with Crippen molar-refractivity contribution in [2.75, 3.05) is 18.4 Å². The molecule has 1 N–H and O–H groups in total. The highest BCUT2D eigenvalue weighted by Gasteiger charge is 2.37. The van der Waals surface area contributed by atoms with Crippen molar-refractivity contribution in [2.45, 2.75) is 44.8 Å². The molecule has 0 aliphatic carbocycles. The summed E-state index contributed by atoms with van der Waals surface area (Å²) in [6.07, 6.45) is 0.508. The molecule has 0 saturated carbocycles. The monoisotopic (exact) mass is 346 g/mol. The smallest absolute Gasteiger partial charge is 0.410 e. The second-order valence-electron chi connectivity index (χ2n) is 7.09. The molecule has 2 rings (SSSR count). The normalized spacial score (nSPS) is 16.6. The van der Waals surface area contributed by atoms with Gasteiger partial charge in [-0.3, -0.25) is 10.1 Å². The Morgan fingerprint density at radius 3 is 2.32 bits per heavy atom. The molecule has 0 spiro atoms. The molecule has 1 heterocycles. The van der Waals surface area contributed by atoms with Crippen LogP contribution in [0, 0.1) is 21.4 Å². The lowest BCUT2D eigenvalue weighted by Crippen LogP contribution is -2.51. The highest BCUT2D eigenvalue weighted by Crippen LogP contribution is 2.28. The number of nitro benzene ring substituents is 1. The third-order valence-corrected chi connectivity index (χ3v) is 3.94. The Hall–Kier alpha value is -2.82. The van der Waals surface area contributed by atoms with Gasteiger partial charge in [0.2, 0.25) is 0 Å². The predicted octanol–water partition coefficient (Wildman–Crippen LogP) is 3.30. The summed E-state index contributed by atoms with van der Waals surface area (Å²) in [5, 5.41) is 23.5. The van der Waals surface area contributed by atoms with Gasteiger partial charge in [-0.1, -0.05) is 0 Å². The molecule has 1 fully saturated rings. The first kappa shape index (κ1) is 18.5. The van der Waals surface area contributed by atoms with Gasteiger partial charge in [0.1, 0.15) is 11.1 Å². The fourth-order valence-corrected chi connectivity index (χ4v) is 2.61. The SMILES string of the molecule is CC(C)(C)OC(=O)N1CCC(C#N)(Nc2ccc([N+](=O)[O-])cc2)CC1. The molecule has 8 nitrogen and oxygen atoms in total. The Kier molecular flexibility index (Phi) is 5.16. The molecule has 1 aromatic carbocycles. The maximum absolute atomic E-state index is 12.1. The number of hydrogen-bond donors (Lipinski definition) is 1. The minimum atomic E-state index is -0.811. The van der Waals surface area contributed by atoms with Crippen molar-refractivity contribution in [3.63, 3.8) is 0 Å². The van der Waals surface area contributed by atoms with Crippen LogP contribution in [0.5, 0.6) is 0 Å². The second-order valence-corrected chi connectivity index (χ2v) is 7.09. The molecule has 0 radical (unpaired) electrons. The van der Waals surface area contributed by atoms with Crippen molar-refractivity contribution in [3.8, 4) is 6.07 Å². The molecular formula is C17H22N4O4. The van der Waals surface area contributed by atoms with Crippen molar-refractivity contribution in [1.29, 1.82) is 5.26 Å². The average molecular weight is 346 g/mol. The van der Waals surface area contributed by atoms with E-state index in [0.717, 1.165) is 0 Å². The van der Waals surface area contributed by atoms with Crippen LogP contribution in [0.1, 0.15) is 33.6 Å². The third-order valence-electron chi connectivity index (χ3n) is 3.94. The van der Waals surface area contributed by atoms with Gasteiger partial charge in [0, 0.05) is 43.8 Å². The highest BCUT2D eigenvalue weighted by atomic mass is 16.6. The Balaban J connectivity index is 2.00. The number of anilines is 1. The standard InChI is InChI=1S/C17H22N4O4/c1-16(2,3)25-15(22)20-10-8-17(12-18,9-11-20)19-13-4-6-14(7-5-13)21(23)24/h4-7,19H,8-11H2,1-3H3. The molecule has 134 valence electrons. The fraction of sp³-hybridized carbons (Fsp3) is 0.529. The molecule has 8 heteroatoms. The van der Waals surface area contributed by atoms with Crippen molar-refractivity contribution < 1.29 is 14.5 Å². The largest absolute Gasteiger partial charge is 0.444 e. The van der Waals surface area contributed by atoms with E-state index in [0.29, 0.717) is 31.6 Å². The van der Waals surface area contributed by atoms with Gasteiger partial charge >= 0.3 is 6.09 Å². The first-order valence-electron chi connectivity index (χ1n) is 8.06. The summed E-state index contributed by atoms with van der Waals surface area (Å²) in [5.74, 6) is 0. The molecule has 25 heavy (non-hydrogen) atoms. The second kappa shape index (κ2) is 6.97. The number of benzene rings is 1. The summed E-state index contributed by atoms with van der Waals surface area (Å²) in [6.45, 7) is 6.24. The zero-order chi connectivity index (χ0) is 18.7. The summed E-state index contributed by atoms with van der Waals surface area (Å²) < 4.78 is 5.35. The zero-order valence-electron chi connectivity index (χ0n) is 14.6. The fourth-order valence-electron chi connectivity index (χ4n) is 2.61. The van der Waals surface area contributed by atoms with Crippen LogP contribution in [0.25, 0.3) is 0 Å². The van der Waals surface area contributed by atoms with Gasteiger partial charge in [0.15, 0.2) is 0 Å². The quantitative estimate of drug-likeness (QED) is 0.664. The lowest BCUT2D eigenvalue weighted by molar-refractivity contribution is -0.384. The van der Waals surface area contributed by atoms with E-state index < -0.39 is 16.1 Å². The minimum Gasteiger partial charge on any atom is -0.444 e. The highest BCUT2D eigenvalue weighted by molar-refractivity contribution is 5.68. The van der Waals surface area contributed by atoms with Crippen LogP contribution >= 0.6 is 0 Å². The van der Waals surface area contributed by atoms with Crippen LogP contribution in [0.3, 0.4) is 0 Å². The topological polar surface area (TPSA) is 108 Å². The van der Waals surface area contributed by atoms with Gasteiger partial charge < -0.3 is 15.0 Å². The minimum absolute atomic E-state index is 0.00342. The van der Waals surface area contributed by atoms with Gasteiger partial charge in [0.05, 0.1) is 11.0 Å². The number of ether oxygens (including phenoxy) is 1. The van der Waals surface area contributed by atoms with Crippen LogP contribution in [0.15, 0.2) is 24.3 Å². The van der Waals surface area contributed by atoms with E-state index in [1.165, 1.54) is 12.1 Å². The summed E-state index contributed by atoms with van der Waals surface area (Å²) >= 11 is 0. The van der Waals surface area contributed by atoms with Gasteiger partial charge in [0.25, 0.3) is 5.69 Å². The summed E-state index contributed by atoms with van der Waals surface area (Å²) in [4.78, 5) is 23.9. The maximum atomic E-state index is 12.1. The number of piperidine rings is 1. The van der Waals surface area contributed by atoms with Gasteiger partial charge in [-0.25, -0.2) is 4.79 Å². The van der Waals surface area contributed by atoms with Crippen LogP contribution in [0.4, 0.5) is 16.2 Å². The number of carbonyl (C=O) groups is 1. The first-order valence-corrected chi connectivity index (χ1v) is 8.06.